The predicted molar refractivity (Wildman–Crippen MR) is 90.7 cm³/mol. The molecule has 3 fully saturated rings. The second-order valence-electron chi connectivity index (χ2n) is 8.05. The van der Waals surface area contributed by atoms with Crippen LogP contribution in [0.25, 0.3) is 0 Å². The molecule has 2 atom stereocenters. The van der Waals surface area contributed by atoms with Crippen LogP contribution in [0.15, 0.2) is 18.2 Å². The monoisotopic (exact) mass is 318 g/mol. The average molecular weight is 318 g/mol. The summed E-state index contributed by atoms with van der Waals surface area (Å²) in [6, 6.07) is 6.51. The van der Waals surface area contributed by atoms with Gasteiger partial charge < -0.3 is 15.0 Å². The molecule has 23 heavy (non-hydrogen) atoms. The lowest BCUT2D eigenvalue weighted by Gasteiger charge is -2.52. The van der Waals surface area contributed by atoms with Crippen molar-refractivity contribution in [1.82, 2.24) is 5.32 Å². The number of anilines is 1. The maximum atomic E-state index is 14.4. The Hall–Kier alpha value is -1.29. The van der Waals surface area contributed by atoms with Crippen molar-refractivity contribution >= 4 is 5.69 Å². The van der Waals surface area contributed by atoms with Gasteiger partial charge in [0.1, 0.15) is 0 Å². The average Bonchev–Trinajstić information content (AvgIpc) is 3.31. The van der Waals surface area contributed by atoms with Crippen molar-refractivity contribution in [2.24, 2.45) is 0 Å². The summed E-state index contributed by atoms with van der Waals surface area (Å²) in [4.78, 5) is 2.42. The molecule has 2 aliphatic carbocycles. The van der Waals surface area contributed by atoms with Crippen molar-refractivity contribution in [3.05, 3.63) is 24.0 Å². The smallest absolute Gasteiger partial charge is 0.167 e. The van der Waals surface area contributed by atoms with Crippen molar-refractivity contribution in [3.8, 4) is 5.75 Å². The first-order valence-electron chi connectivity index (χ1n) is 9.02. The van der Waals surface area contributed by atoms with E-state index in [1.165, 1.54) is 25.7 Å². The van der Waals surface area contributed by atoms with Gasteiger partial charge in [-0.05, 0) is 51.7 Å². The van der Waals surface area contributed by atoms with Crippen molar-refractivity contribution < 1.29 is 9.13 Å². The molecular weight excluding hydrogens is 291 g/mol. The summed E-state index contributed by atoms with van der Waals surface area (Å²) in [5.74, 6) is 0.184. The number of halogens is 1. The van der Waals surface area contributed by atoms with Crippen LogP contribution < -0.4 is 15.0 Å². The highest BCUT2D eigenvalue weighted by Gasteiger charge is 2.40. The first kappa shape index (κ1) is 15.3. The SMILES string of the molecule is CC1(C)CN(c2ccc(OC3CC3)c(F)c2)[C@H]2CCCC[C@@H]2N1. The first-order valence-corrected chi connectivity index (χ1v) is 9.02. The largest absolute Gasteiger partial charge is 0.487 e. The van der Waals surface area contributed by atoms with E-state index in [4.69, 9.17) is 4.74 Å². The van der Waals surface area contributed by atoms with Gasteiger partial charge in [0.25, 0.3) is 0 Å². The number of hydrogen-bond acceptors (Lipinski definition) is 3. The Morgan fingerprint density at radius 2 is 1.96 bits per heavy atom. The number of rotatable bonds is 3. The minimum Gasteiger partial charge on any atom is -0.487 e. The van der Waals surface area contributed by atoms with Gasteiger partial charge in [-0.1, -0.05) is 12.8 Å². The second-order valence-corrected chi connectivity index (χ2v) is 8.05. The van der Waals surface area contributed by atoms with Gasteiger partial charge in [-0.15, -0.1) is 0 Å². The molecular formula is C19H27FN2O. The Labute approximate surface area is 138 Å². The quantitative estimate of drug-likeness (QED) is 0.916. The Balaban J connectivity index is 1.60. The van der Waals surface area contributed by atoms with E-state index < -0.39 is 0 Å². The number of ether oxygens (including phenoxy) is 1. The van der Waals surface area contributed by atoms with Crippen LogP contribution in [0.4, 0.5) is 10.1 Å². The highest BCUT2D eigenvalue weighted by atomic mass is 19.1. The Morgan fingerprint density at radius 3 is 2.70 bits per heavy atom. The molecule has 0 aromatic heterocycles. The molecule has 0 spiro atoms. The van der Waals surface area contributed by atoms with Crippen LogP contribution in [0, 0.1) is 5.82 Å². The van der Waals surface area contributed by atoms with E-state index in [1.807, 2.05) is 12.1 Å². The van der Waals surface area contributed by atoms with E-state index in [2.05, 4.69) is 24.1 Å². The lowest BCUT2D eigenvalue weighted by Crippen LogP contribution is -2.67. The maximum absolute atomic E-state index is 14.4. The standard InChI is InChI=1S/C19H27FN2O/c1-19(2)12-22(17-6-4-3-5-16(17)21-19)13-7-10-18(15(20)11-13)23-14-8-9-14/h7,10-11,14,16-17,21H,3-6,8-9,12H2,1-2H3/t16-,17-/m0/s1. The van der Waals surface area contributed by atoms with Gasteiger partial charge in [0, 0.05) is 35.9 Å². The summed E-state index contributed by atoms with van der Waals surface area (Å²) < 4.78 is 20.1. The van der Waals surface area contributed by atoms with Gasteiger partial charge in [0.05, 0.1) is 6.10 Å². The molecule has 3 nitrogen and oxygen atoms in total. The van der Waals surface area contributed by atoms with Gasteiger partial charge in [0.15, 0.2) is 11.6 Å². The molecule has 126 valence electrons. The van der Waals surface area contributed by atoms with E-state index in [9.17, 15) is 4.39 Å². The van der Waals surface area contributed by atoms with Crippen molar-refractivity contribution in [2.45, 2.75) is 76.1 Å². The fourth-order valence-electron chi connectivity index (χ4n) is 4.16. The summed E-state index contributed by atoms with van der Waals surface area (Å²) in [7, 11) is 0. The molecule has 1 aromatic carbocycles. The van der Waals surface area contributed by atoms with Crippen molar-refractivity contribution in [1.29, 1.82) is 0 Å². The number of piperazine rings is 1. The minimum absolute atomic E-state index is 0.0537. The molecule has 1 heterocycles. The molecule has 1 N–H and O–H groups in total. The summed E-state index contributed by atoms with van der Waals surface area (Å²) in [5.41, 5.74) is 1.05. The molecule has 0 radical (unpaired) electrons. The van der Waals surface area contributed by atoms with Crippen LogP contribution in [0.3, 0.4) is 0 Å². The van der Waals surface area contributed by atoms with Gasteiger partial charge in [-0.2, -0.15) is 0 Å². The summed E-state index contributed by atoms with van der Waals surface area (Å²) in [6.07, 6.45) is 7.31. The molecule has 4 rings (SSSR count). The Bertz CT molecular complexity index is 585. The summed E-state index contributed by atoms with van der Waals surface area (Å²) in [5, 5.41) is 3.79. The molecule has 1 aromatic rings. The Morgan fingerprint density at radius 1 is 1.17 bits per heavy atom. The van der Waals surface area contributed by atoms with E-state index in [-0.39, 0.29) is 17.5 Å². The highest BCUT2D eigenvalue weighted by molar-refractivity contribution is 5.52. The molecule has 4 heteroatoms. The fraction of sp³-hybridized carbons (Fsp3) is 0.684. The van der Waals surface area contributed by atoms with E-state index >= 15 is 0 Å². The topological polar surface area (TPSA) is 24.5 Å². The van der Waals surface area contributed by atoms with Crippen LogP contribution in [0.5, 0.6) is 5.75 Å². The molecule has 3 aliphatic rings. The van der Waals surface area contributed by atoms with Crippen LogP contribution in [0.2, 0.25) is 0 Å². The van der Waals surface area contributed by atoms with Gasteiger partial charge in [-0.25, -0.2) is 4.39 Å². The van der Waals surface area contributed by atoms with Crippen LogP contribution in [-0.4, -0.2) is 30.3 Å². The molecule has 0 bridgehead atoms. The first-order chi connectivity index (χ1) is 11.0. The molecule has 2 saturated carbocycles. The number of fused-ring (bicyclic) bond motifs is 1. The number of benzene rings is 1. The third kappa shape index (κ3) is 3.18. The number of nitrogens with one attached hydrogen (secondary N) is 1. The van der Waals surface area contributed by atoms with Crippen LogP contribution in [0.1, 0.15) is 52.4 Å². The molecule has 1 aliphatic heterocycles. The van der Waals surface area contributed by atoms with E-state index in [0.717, 1.165) is 25.1 Å². The normalized spacial score (nSPS) is 30.0. The summed E-state index contributed by atoms with van der Waals surface area (Å²) >= 11 is 0. The van der Waals surface area contributed by atoms with Crippen LogP contribution in [-0.2, 0) is 0 Å². The lowest BCUT2D eigenvalue weighted by molar-refractivity contribution is 0.199. The van der Waals surface area contributed by atoms with Crippen molar-refractivity contribution in [2.75, 3.05) is 11.4 Å². The van der Waals surface area contributed by atoms with Gasteiger partial charge in [0.2, 0.25) is 0 Å². The Kier molecular flexibility index (Phi) is 3.75. The van der Waals surface area contributed by atoms with E-state index in [1.54, 1.807) is 6.07 Å². The van der Waals surface area contributed by atoms with Crippen molar-refractivity contribution in [3.63, 3.8) is 0 Å². The summed E-state index contributed by atoms with van der Waals surface area (Å²) in [6.45, 7) is 5.40. The second kappa shape index (κ2) is 5.66. The zero-order chi connectivity index (χ0) is 16.0. The molecule has 0 amide bonds. The van der Waals surface area contributed by atoms with Gasteiger partial charge >= 0.3 is 0 Å². The predicted octanol–water partition coefficient (Wildman–Crippen LogP) is 3.87. The molecule has 0 unspecified atom stereocenters. The fourth-order valence-corrected chi connectivity index (χ4v) is 4.16. The highest BCUT2D eigenvalue weighted by Crippen LogP contribution is 2.36. The van der Waals surface area contributed by atoms with E-state index in [0.29, 0.717) is 17.8 Å². The zero-order valence-electron chi connectivity index (χ0n) is 14.1. The zero-order valence-corrected chi connectivity index (χ0v) is 14.1. The number of hydrogen-bond donors (Lipinski definition) is 1. The number of nitrogens with zero attached hydrogens (tertiary/aromatic N) is 1. The van der Waals surface area contributed by atoms with Gasteiger partial charge in [-0.3, -0.25) is 0 Å². The van der Waals surface area contributed by atoms with Crippen LogP contribution >= 0.6 is 0 Å². The third-order valence-corrected chi connectivity index (χ3v) is 5.34. The lowest BCUT2D eigenvalue weighted by atomic mass is 9.83. The minimum atomic E-state index is -0.224. The third-order valence-electron chi connectivity index (χ3n) is 5.34. The maximum Gasteiger partial charge on any atom is 0.167 e. The molecule has 1 saturated heterocycles.